The van der Waals surface area contributed by atoms with Gasteiger partial charge in [0.25, 0.3) is 0 Å². The molecule has 1 aromatic rings. The average Bonchev–Trinajstić information content (AvgIpc) is 2.81. The van der Waals surface area contributed by atoms with Crippen LogP contribution in [-0.4, -0.2) is 40.0 Å². The summed E-state index contributed by atoms with van der Waals surface area (Å²) < 4.78 is 0. The molecule has 5 heteroatoms. The molecule has 0 radical (unpaired) electrons. The molecule has 1 aliphatic rings. The Morgan fingerprint density at radius 2 is 2.11 bits per heavy atom. The van der Waals surface area contributed by atoms with Crippen molar-refractivity contribution in [3.63, 3.8) is 0 Å². The molecule has 1 unspecified atom stereocenters. The van der Waals surface area contributed by atoms with Crippen molar-refractivity contribution in [2.45, 2.75) is 26.2 Å². The van der Waals surface area contributed by atoms with Gasteiger partial charge in [0, 0.05) is 31.9 Å². The van der Waals surface area contributed by atoms with Crippen molar-refractivity contribution in [1.82, 2.24) is 9.88 Å². The molecule has 1 N–H and O–H groups in total. The van der Waals surface area contributed by atoms with Gasteiger partial charge >= 0.3 is 5.97 Å². The summed E-state index contributed by atoms with van der Waals surface area (Å²) in [5.74, 6) is -0.793. The van der Waals surface area contributed by atoms with E-state index in [1.54, 1.807) is 24.2 Å². The number of aliphatic carboxylic acids is 1. The molecule has 0 saturated carbocycles. The number of aryl methyl sites for hydroxylation is 1. The number of hydrogen-bond acceptors (Lipinski definition) is 3. The predicted molar refractivity (Wildman–Crippen MR) is 69.5 cm³/mol. The molecular weight excluding hydrogens is 244 g/mol. The highest BCUT2D eigenvalue weighted by molar-refractivity contribution is 5.80. The van der Waals surface area contributed by atoms with Crippen molar-refractivity contribution in [3.8, 4) is 0 Å². The van der Waals surface area contributed by atoms with Gasteiger partial charge in [-0.15, -0.1) is 0 Å². The average molecular weight is 262 g/mol. The lowest BCUT2D eigenvalue weighted by Crippen LogP contribution is -2.34. The van der Waals surface area contributed by atoms with Crippen LogP contribution in [0.4, 0.5) is 0 Å². The van der Waals surface area contributed by atoms with Gasteiger partial charge < -0.3 is 10.0 Å². The van der Waals surface area contributed by atoms with Gasteiger partial charge in [-0.1, -0.05) is 0 Å². The van der Waals surface area contributed by atoms with E-state index in [1.807, 2.05) is 12.1 Å². The second kappa shape index (κ2) is 5.38. The third-order valence-electron chi connectivity index (χ3n) is 3.72. The zero-order chi connectivity index (χ0) is 13.9. The number of carbonyl (C=O) groups is 2. The van der Waals surface area contributed by atoms with Crippen LogP contribution < -0.4 is 0 Å². The third kappa shape index (κ3) is 3.10. The number of pyridine rings is 1. The van der Waals surface area contributed by atoms with E-state index in [4.69, 9.17) is 5.11 Å². The van der Waals surface area contributed by atoms with Gasteiger partial charge in [0.15, 0.2) is 0 Å². The Hall–Kier alpha value is -1.91. The first-order chi connectivity index (χ1) is 9.01. The smallest absolute Gasteiger partial charge is 0.311 e. The van der Waals surface area contributed by atoms with Crippen LogP contribution in [0, 0.1) is 5.41 Å². The Labute approximate surface area is 112 Å². The molecule has 1 atom stereocenters. The van der Waals surface area contributed by atoms with E-state index in [-0.39, 0.29) is 5.91 Å². The fourth-order valence-corrected chi connectivity index (χ4v) is 2.31. The lowest BCUT2D eigenvalue weighted by molar-refractivity contribution is -0.147. The van der Waals surface area contributed by atoms with Crippen LogP contribution in [0.5, 0.6) is 0 Å². The molecule has 102 valence electrons. The highest BCUT2D eigenvalue weighted by Crippen LogP contribution is 2.30. The van der Waals surface area contributed by atoms with Gasteiger partial charge in [0.1, 0.15) is 0 Å². The van der Waals surface area contributed by atoms with Crippen molar-refractivity contribution in [3.05, 3.63) is 30.1 Å². The monoisotopic (exact) mass is 262 g/mol. The van der Waals surface area contributed by atoms with Crippen molar-refractivity contribution < 1.29 is 14.7 Å². The Morgan fingerprint density at radius 1 is 1.42 bits per heavy atom. The van der Waals surface area contributed by atoms with E-state index in [1.165, 1.54) is 0 Å². The Bertz CT molecular complexity index is 475. The molecule has 2 rings (SSSR count). The van der Waals surface area contributed by atoms with Crippen LogP contribution in [0.25, 0.3) is 0 Å². The molecule has 0 aliphatic carbocycles. The van der Waals surface area contributed by atoms with Crippen molar-refractivity contribution in [2.75, 3.05) is 13.1 Å². The summed E-state index contributed by atoms with van der Waals surface area (Å²) in [6.07, 6.45) is 5.03. The van der Waals surface area contributed by atoms with Gasteiger partial charge in [-0.25, -0.2) is 0 Å². The van der Waals surface area contributed by atoms with Crippen LogP contribution in [0.15, 0.2) is 24.5 Å². The van der Waals surface area contributed by atoms with Gasteiger partial charge in [-0.3, -0.25) is 14.6 Å². The lowest BCUT2D eigenvalue weighted by Gasteiger charge is -2.20. The summed E-state index contributed by atoms with van der Waals surface area (Å²) in [4.78, 5) is 28.8. The largest absolute Gasteiger partial charge is 0.481 e. The molecular formula is C14H18N2O3. The van der Waals surface area contributed by atoms with E-state index in [9.17, 15) is 9.59 Å². The molecule has 0 spiro atoms. The molecule has 1 fully saturated rings. The van der Waals surface area contributed by atoms with Crippen molar-refractivity contribution in [1.29, 1.82) is 0 Å². The number of nitrogens with zero attached hydrogens (tertiary/aromatic N) is 2. The third-order valence-corrected chi connectivity index (χ3v) is 3.72. The summed E-state index contributed by atoms with van der Waals surface area (Å²) >= 11 is 0. The summed E-state index contributed by atoms with van der Waals surface area (Å²) in [6.45, 7) is 2.56. The molecule has 0 bridgehead atoms. The molecule has 0 aromatic carbocycles. The highest BCUT2D eigenvalue weighted by Gasteiger charge is 2.41. The summed E-state index contributed by atoms with van der Waals surface area (Å²) in [5, 5.41) is 9.14. The number of rotatable bonds is 4. The number of likely N-dealkylation sites (tertiary alicyclic amines) is 1. The number of carboxylic acids is 1. The number of aromatic nitrogens is 1. The topological polar surface area (TPSA) is 70.5 Å². The van der Waals surface area contributed by atoms with Crippen LogP contribution >= 0.6 is 0 Å². The number of hydrogen-bond donors (Lipinski definition) is 1. The Kier molecular flexibility index (Phi) is 3.83. The van der Waals surface area contributed by atoms with Gasteiger partial charge in [-0.2, -0.15) is 0 Å². The first kappa shape index (κ1) is 13.5. The van der Waals surface area contributed by atoms with Crippen LogP contribution in [-0.2, 0) is 16.0 Å². The molecule has 5 nitrogen and oxygen atoms in total. The minimum absolute atomic E-state index is 0.0294. The Balaban J connectivity index is 1.87. The molecule has 19 heavy (non-hydrogen) atoms. The zero-order valence-electron chi connectivity index (χ0n) is 11.0. The fraction of sp³-hybridized carbons (Fsp3) is 0.500. The van der Waals surface area contributed by atoms with Crippen LogP contribution in [0.1, 0.15) is 25.3 Å². The molecule has 1 aliphatic heterocycles. The minimum atomic E-state index is -0.822. The number of amides is 1. The highest BCUT2D eigenvalue weighted by atomic mass is 16.4. The summed E-state index contributed by atoms with van der Waals surface area (Å²) in [6, 6.07) is 3.78. The van der Waals surface area contributed by atoms with E-state index in [2.05, 4.69) is 4.98 Å². The Morgan fingerprint density at radius 3 is 2.68 bits per heavy atom. The van der Waals surface area contributed by atoms with E-state index in [0.717, 1.165) is 5.56 Å². The summed E-state index contributed by atoms with van der Waals surface area (Å²) in [7, 11) is 0. The van der Waals surface area contributed by atoms with Gasteiger partial charge in [0.05, 0.1) is 5.41 Å². The molecule has 1 amide bonds. The second-order valence-corrected chi connectivity index (χ2v) is 5.29. The van der Waals surface area contributed by atoms with Crippen LogP contribution in [0.3, 0.4) is 0 Å². The molecule has 1 aromatic heterocycles. The molecule has 2 heterocycles. The van der Waals surface area contributed by atoms with E-state index in [0.29, 0.717) is 32.4 Å². The SMILES string of the molecule is CC1(C(=O)O)CCN(C(=O)CCc2ccncc2)C1. The maximum atomic E-state index is 12.0. The number of carboxylic acid groups (broad SMARTS) is 1. The van der Waals surface area contributed by atoms with Gasteiger partial charge in [0.2, 0.25) is 5.91 Å². The fourth-order valence-electron chi connectivity index (χ4n) is 2.31. The first-order valence-electron chi connectivity index (χ1n) is 6.41. The lowest BCUT2D eigenvalue weighted by atomic mass is 9.90. The zero-order valence-corrected chi connectivity index (χ0v) is 11.0. The molecule has 1 saturated heterocycles. The van der Waals surface area contributed by atoms with Crippen LogP contribution in [0.2, 0.25) is 0 Å². The maximum absolute atomic E-state index is 12.0. The first-order valence-corrected chi connectivity index (χ1v) is 6.41. The standard InChI is InChI=1S/C14H18N2O3/c1-14(13(18)19)6-9-16(10-14)12(17)3-2-11-4-7-15-8-5-11/h4-5,7-8H,2-3,6,9-10H2,1H3,(H,18,19). The summed E-state index contributed by atoms with van der Waals surface area (Å²) in [5.41, 5.74) is 0.287. The second-order valence-electron chi connectivity index (χ2n) is 5.29. The number of carbonyl (C=O) groups excluding carboxylic acids is 1. The normalized spacial score (nSPS) is 22.5. The van der Waals surface area contributed by atoms with E-state index >= 15 is 0 Å². The van der Waals surface area contributed by atoms with Gasteiger partial charge in [-0.05, 0) is 37.5 Å². The quantitative estimate of drug-likeness (QED) is 0.888. The minimum Gasteiger partial charge on any atom is -0.481 e. The van der Waals surface area contributed by atoms with Crippen molar-refractivity contribution >= 4 is 11.9 Å². The van der Waals surface area contributed by atoms with Crippen molar-refractivity contribution in [2.24, 2.45) is 5.41 Å². The maximum Gasteiger partial charge on any atom is 0.311 e. The predicted octanol–water partition coefficient (Wildman–Crippen LogP) is 1.34. The van der Waals surface area contributed by atoms with E-state index < -0.39 is 11.4 Å².